The maximum Gasteiger partial charge on any atom is 0.471 e. The maximum atomic E-state index is 12.9. The number of piperidine rings is 2. The van der Waals surface area contributed by atoms with Gasteiger partial charge in [0.15, 0.2) is 0 Å². The van der Waals surface area contributed by atoms with Crippen molar-refractivity contribution >= 4 is 28.8 Å². The van der Waals surface area contributed by atoms with Gasteiger partial charge in [0.2, 0.25) is 11.8 Å². The number of nitrogens with zero attached hydrogens (tertiary/aromatic N) is 3. The molecule has 2 aliphatic rings. The third-order valence-electron chi connectivity index (χ3n) is 6.21. The standard InChI is InChI=1S/C23H23F3N4O5/c1-28-19-14(5-3-13-35-15-9-11-29(12-10-15)21(33)23(24,25)26)4-2-6-16(19)30(22(28)34)17-7-8-18(31)27-20(17)32/h2,4,6,15,17H,7-13H2,1H3,(H,27,31,32)/t17-/m0/s1. The summed E-state index contributed by atoms with van der Waals surface area (Å²) in [5, 5.41) is 2.26. The number of halogens is 3. The zero-order valence-electron chi connectivity index (χ0n) is 18.9. The van der Waals surface area contributed by atoms with E-state index in [1.54, 1.807) is 25.2 Å². The number of nitrogens with one attached hydrogen (secondary N) is 1. The molecule has 12 heteroatoms. The van der Waals surface area contributed by atoms with Gasteiger partial charge in [-0.05, 0) is 31.4 Å². The average molecular weight is 492 g/mol. The number of rotatable bonds is 3. The molecule has 0 aliphatic carbocycles. The predicted molar refractivity (Wildman–Crippen MR) is 117 cm³/mol. The summed E-state index contributed by atoms with van der Waals surface area (Å²) in [7, 11) is 1.57. The summed E-state index contributed by atoms with van der Waals surface area (Å²) >= 11 is 0. The molecule has 0 bridgehead atoms. The molecule has 3 heterocycles. The minimum Gasteiger partial charge on any atom is -0.365 e. The van der Waals surface area contributed by atoms with Crippen molar-refractivity contribution in [3.8, 4) is 11.8 Å². The highest BCUT2D eigenvalue weighted by Crippen LogP contribution is 2.25. The first kappa shape index (κ1) is 24.5. The van der Waals surface area contributed by atoms with Crippen LogP contribution in [-0.2, 0) is 26.2 Å². The van der Waals surface area contributed by atoms with E-state index in [4.69, 9.17) is 4.74 Å². The number of hydrogen-bond acceptors (Lipinski definition) is 5. The molecule has 0 spiro atoms. The molecule has 2 saturated heterocycles. The highest BCUT2D eigenvalue weighted by Gasteiger charge is 2.43. The number of aryl methyl sites for hydroxylation is 1. The van der Waals surface area contributed by atoms with Gasteiger partial charge in [-0.1, -0.05) is 17.9 Å². The molecule has 2 fully saturated rings. The van der Waals surface area contributed by atoms with Crippen LogP contribution < -0.4 is 11.0 Å². The number of para-hydroxylation sites is 1. The number of imide groups is 1. The van der Waals surface area contributed by atoms with Crippen LogP contribution in [0, 0.1) is 11.8 Å². The second-order valence-electron chi connectivity index (χ2n) is 8.45. The summed E-state index contributed by atoms with van der Waals surface area (Å²) in [5.41, 5.74) is 1.19. The zero-order chi connectivity index (χ0) is 25.3. The smallest absolute Gasteiger partial charge is 0.365 e. The van der Waals surface area contributed by atoms with Gasteiger partial charge in [-0.2, -0.15) is 13.2 Å². The monoisotopic (exact) mass is 492 g/mol. The van der Waals surface area contributed by atoms with Crippen LogP contribution in [0.5, 0.6) is 0 Å². The minimum absolute atomic E-state index is 0.0239. The van der Waals surface area contributed by atoms with E-state index in [0.717, 1.165) is 4.90 Å². The van der Waals surface area contributed by atoms with Crippen LogP contribution >= 0.6 is 0 Å². The molecular formula is C23H23F3N4O5. The Morgan fingerprint density at radius 2 is 1.89 bits per heavy atom. The van der Waals surface area contributed by atoms with Gasteiger partial charge in [-0.15, -0.1) is 0 Å². The number of alkyl halides is 3. The fraction of sp³-hybridized carbons (Fsp3) is 0.478. The van der Waals surface area contributed by atoms with Crippen molar-refractivity contribution < 1.29 is 32.3 Å². The normalized spacial score (nSPS) is 19.4. The third kappa shape index (κ3) is 4.95. The molecule has 2 aromatic rings. The molecule has 2 aliphatic heterocycles. The van der Waals surface area contributed by atoms with E-state index in [-0.39, 0.29) is 57.4 Å². The fourth-order valence-corrected chi connectivity index (χ4v) is 4.46. The van der Waals surface area contributed by atoms with Crippen molar-refractivity contribution in [3.63, 3.8) is 0 Å². The number of hydrogen-bond donors (Lipinski definition) is 1. The van der Waals surface area contributed by atoms with Gasteiger partial charge < -0.3 is 9.64 Å². The quantitative estimate of drug-likeness (QED) is 0.513. The first-order valence-corrected chi connectivity index (χ1v) is 11.1. The molecule has 9 nitrogen and oxygen atoms in total. The Labute approximate surface area is 197 Å². The summed E-state index contributed by atoms with van der Waals surface area (Å²) in [4.78, 5) is 48.8. The molecule has 1 atom stereocenters. The van der Waals surface area contributed by atoms with Crippen molar-refractivity contribution in [1.82, 2.24) is 19.4 Å². The minimum atomic E-state index is -4.88. The van der Waals surface area contributed by atoms with Crippen LogP contribution in [0.25, 0.3) is 11.0 Å². The number of benzene rings is 1. The van der Waals surface area contributed by atoms with E-state index in [1.165, 1.54) is 9.13 Å². The average Bonchev–Trinajstić information content (AvgIpc) is 3.07. The molecule has 4 rings (SSSR count). The van der Waals surface area contributed by atoms with Crippen LogP contribution in [0.1, 0.15) is 37.3 Å². The lowest BCUT2D eigenvalue weighted by molar-refractivity contribution is -0.187. The zero-order valence-corrected chi connectivity index (χ0v) is 18.9. The lowest BCUT2D eigenvalue weighted by Crippen LogP contribution is -2.46. The van der Waals surface area contributed by atoms with Gasteiger partial charge >= 0.3 is 17.8 Å². The Morgan fingerprint density at radius 3 is 2.54 bits per heavy atom. The van der Waals surface area contributed by atoms with Gasteiger partial charge in [0, 0.05) is 26.6 Å². The number of imidazole rings is 1. The van der Waals surface area contributed by atoms with Crippen molar-refractivity contribution in [2.75, 3.05) is 19.7 Å². The van der Waals surface area contributed by atoms with Crippen molar-refractivity contribution in [1.29, 1.82) is 0 Å². The molecule has 1 aromatic heterocycles. The fourth-order valence-electron chi connectivity index (χ4n) is 4.46. The number of aromatic nitrogens is 2. The van der Waals surface area contributed by atoms with Gasteiger partial charge in [0.1, 0.15) is 12.6 Å². The van der Waals surface area contributed by atoms with Crippen LogP contribution in [0.4, 0.5) is 13.2 Å². The van der Waals surface area contributed by atoms with Crippen LogP contribution in [0.2, 0.25) is 0 Å². The Kier molecular flexibility index (Phi) is 6.71. The lowest BCUT2D eigenvalue weighted by Gasteiger charge is -2.31. The second kappa shape index (κ2) is 9.58. The number of carbonyl (C=O) groups excluding carboxylic acids is 3. The molecule has 35 heavy (non-hydrogen) atoms. The first-order chi connectivity index (χ1) is 16.6. The highest BCUT2D eigenvalue weighted by molar-refractivity contribution is 6.00. The van der Waals surface area contributed by atoms with Crippen LogP contribution in [0.15, 0.2) is 23.0 Å². The van der Waals surface area contributed by atoms with Crippen molar-refractivity contribution in [3.05, 3.63) is 34.2 Å². The Morgan fingerprint density at radius 1 is 1.17 bits per heavy atom. The van der Waals surface area contributed by atoms with Crippen LogP contribution in [0.3, 0.4) is 0 Å². The summed E-state index contributed by atoms with van der Waals surface area (Å²) in [6.45, 7) is -0.0481. The third-order valence-corrected chi connectivity index (χ3v) is 6.21. The summed E-state index contributed by atoms with van der Waals surface area (Å²) in [5.74, 6) is 3.10. The molecule has 0 unspecified atom stereocenters. The summed E-state index contributed by atoms with van der Waals surface area (Å²) in [6.07, 6.45) is -4.27. The van der Waals surface area contributed by atoms with Gasteiger partial charge in [-0.3, -0.25) is 28.8 Å². The molecule has 3 amide bonds. The van der Waals surface area contributed by atoms with Crippen LogP contribution in [-0.4, -0.2) is 63.7 Å². The lowest BCUT2D eigenvalue weighted by atomic mass is 10.1. The SMILES string of the molecule is Cn1c(=O)n([C@H]2CCC(=O)NC2=O)c2cccc(C#CCOC3CCN(C(=O)C(F)(F)F)CC3)c21. The molecular weight excluding hydrogens is 469 g/mol. The molecule has 186 valence electrons. The number of likely N-dealkylation sites (tertiary alicyclic amines) is 1. The molecule has 0 saturated carbocycles. The summed E-state index contributed by atoms with van der Waals surface area (Å²) < 4.78 is 46.1. The Balaban J connectivity index is 1.45. The van der Waals surface area contributed by atoms with E-state index >= 15 is 0 Å². The van der Waals surface area contributed by atoms with E-state index in [9.17, 15) is 32.3 Å². The predicted octanol–water partition coefficient (Wildman–Crippen LogP) is 1.24. The van der Waals surface area contributed by atoms with E-state index < -0.39 is 29.7 Å². The topological polar surface area (TPSA) is 103 Å². The van der Waals surface area contributed by atoms with E-state index in [0.29, 0.717) is 16.6 Å². The van der Waals surface area contributed by atoms with Gasteiger partial charge in [0.25, 0.3) is 0 Å². The van der Waals surface area contributed by atoms with Crippen molar-refractivity contribution in [2.24, 2.45) is 7.05 Å². The molecule has 1 N–H and O–H groups in total. The second-order valence-corrected chi connectivity index (χ2v) is 8.45. The highest BCUT2D eigenvalue weighted by atomic mass is 19.4. The summed E-state index contributed by atoms with van der Waals surface area (Å²) in [6, 6.07) is 4.34. The number of ether oxygens (including phenoxy) is 1. The largest absolute Gasteiger partial charge is 0.471 e. The Hall–Kier alpha value is -3.59. The number of fused-ring (bicyclic) bond motifs is 1. The van der Waals surface area contributed by atoms with E-state index in [2.05, 4.69) is 17.2 Å². The van der Waals surface area contributed by atoms with Gasteiger partial charge in [0.05, 0.1) is 22.7 Å². The Bertz CT molecular complexity index is 1290. The molecule has 0 radical (unpaired) electrons. The maximum absolute atomic E-state index is 12.9. The molecule has 1 aromatic carbocycles. The number of amides is 3. The number of carbonyl (C=O) groups is 3. The first-order valence-electron chi connectivity index (χ1n) is 11.1. The van der Waals surface area contributed by atoms with E-state index in [1.807, 2.05) is 0 Å². The van der Waals surface area contributed by atoms with Gasteiger partial charge in [-0.25, -0.2) is 4.79 Å². The van der Waals surface area contributed by atoms with Crippen molar-refractivity contribution in [2.45, 2.75) is 44.0 Å².